The van der Waals surface area contributed by atoms with Gasteiger partial charge in [-0.15, -0.1) is 0 Å². The Kier molecular flexibility index (Phi) is 2.63. The maximum absolute atomic E-state index is 12.1. The molecule has 1 saturated heterocycles. The van der Waals surface area contributed by atoms with Crippen LogP contribution in [0.25, 0.3) is 0 Å². The van der Waals surface area contributed by atoms with Gasteiger partial charge in [-0.05, 0) is 25.7 Å². The van der Waals surface area contributed by atoms with E-state index in [1.165, 1.54) is 0 Å². The van der Waals surface area contributed by atoms with Crippen LogP contribution in [0.15, 0.2) is 10.6 Å². The van der Waals surface area contributed by atoms with Crippen LogP contribution in [0.2, 0.25) is 0 Å². The van der Waals surface area contributed by atoms with Crippen LogP contribution in [-0.4, -0.2) is 35.1 Å². The van der Waals surface area contributed by atoms with Gasteiger partial charge in [-0.1, -0.05) is 5.16 Å². The van der Waals surface area contributed by atoms with E-state index in [0.717, 1.165) is 38.0 Å². The van der Waals surface area contributed by atoms with Crippen molar-refractivity contribution >= 4 is 5.91 Å². The van der Waals surface area contributed by atoms with E-state index in [4.69, 9.17) is 10.3 Å². The molecule has 1 saturated carbocycles. The van der Waals surface area contributed by atoms with Crippen molar-refractivity contribution in [1.29, 1.82) is 0 Å². The van der Waals surface area contributed by atoms with Crippen molar-refractivity contribution in [3.8, 4) is 0 Å². The summed E-state index contributed by atoms with van der Waals surface area (Å²) in [6, 6.07) is 1.89. The van der Waals surface area contributed by atoms with Crippen LogP contribution in [0.5, 0.6) is 0 Å². The van der Waals surface area contributed by atoms with E-state index in [2.05, 4.69) is 5.16 Å². The van der Waals surface area contributed by atoms with Gasteiger partial charge in [0.15, 0.2) is 5.69 Å². The van der Waals surface area contributed by atoms with Crippen molar-refractivity contribution in [3.05, 3.63) is 17.5 Å². The number of hydrogen-bond acceptors (Lipinski definition) is 4. The van der Waals surface area contributed by atoms with Crippen LogP contribution in [0.4, 0.5) is 0 Å². The van der Waals surface area contributed by atoms with Crippen LogP contribution in [-0.2, 0) is 0 Å². The van der Waals surface area contributed by atoms with Crippen molar-refractivity contribution in [2.24, 2.45) is 5.73 Å². The van der Waals surface area contributed by atoms with E-state index in [0.29, 0.717) is 18.2 Å². The largest absolute Gasteiger partial charge is 0.360 e. The summed E-state index contributed by atoms with van der Waals surface area (Å²) < 4.78 is 5.20. The Balaban J connectivity index is 1.71. The molecule has 2 N–H and O–H groups in total. The molecule has 17 heavy (non-hydrogen) atoms. The third kappa shape index (κ3) is 2.20. The van der Waals surface area contributed by atoms with E-state index in [1.807, 2.05) is 0 Å². The summed E-state index contributed by atoms with van der Waals surface area (Å²) in [5.74, 6) is 1.30. The van der Waals surface area contributed by atoms with E-state index < -0.39 is 0 Å². The second kappa shape index (κ2) is 4.14. The van der Waals surface area contributed by atoms with Gasteiger partial charge in [0.2, 0.25) is 0 Å². The number of amides is 1. The highest BCUT2D eigenvalue weighted by atomic mass is 16.5. The standard InChI is InChI=1S/C12H17N3O2/c13-9-2-1-5-15(7-9)12(16)10-6-11(17-14-10)8-3-4-8/h6,8-9H,1-5,7,13H2. The highest BCUT2D eigenvalue weighted by molar-refractivity contribution is 5.92. The molecule has 1 atom stereocenters. The quantitative estimate of drug-likeness (QED) is 0.833. The zero-order chi connectivity index (χ0) is 11.8. The summed E-state index contributed by atoms with van der Waals surface area (Å²) in [4.78, 5) is 13.9. The molecule has 92 valence electrons. The fraction of sp³-hybridized carbons (Fsp3) is 0.667. The molecule has 1 aromatic rings. The van der Waals surface area contributed by atoms with E-state index >= 15 is 0 Å². The third-order valence-corrected chi connectivity index (χ3v) is 3.47. The molecule has 1 aliphatic carbocycles. The normalized spacial score (nSPS) is 25.0. The van der Waals surface area contributed by atoms with Gasteiger partial charge in [0.25, 0.3) is 5.91 Å². The predicted octanol–water partition coefficient (Wildman–Crippen LogP) is 1.12. The van der Waals surface area contributed by atoms with Gasteiger partial charge in [-0.25, -0.2) is 0 Å². The summed E-state index contributed by atoms with van der Waals surface area (Å²) in [6.07, 6.45) is 4.27. The molecule has 2 aliphatic rings. The first-order valence-corrected chi connectivity index (χ1v) is 6.25. The van der Waals surface area contributed by atoms with Gasteiger partial charge < -0.3 is 15.2 Å². The second-order valence-corrected chi connectivity index (χ2v) is 5.04. The molecule has 0 aromatic carbocycles. The maximum atomic E-state index is 12.1. The molecule has 2 fully saturated rings. The summed E-state index contributed by atoms with van der Waals surface area (Å²) in [5.41, 5.74) is 6.30. The van der Waals surface area contributed by atoms with Crippen molar-refractivity contribution in [2.75, 3.05) is 13.1 Å². The second-order valence-electron chi connectivity index (χ2n) is 5.04. The zero-order valence-electron chi connectivity index (χ0n) is 9.76. The molecular weight excluding hydrogens is 218 g/mol. The maximum Gasteiger partial charge on any atom is 0.276 e. The number of likely N-dealkylation sites (tertiary alicyclic amines) is 1. The lowest BCUT2D eigenvalue weighted by molar-refractivity contribution is 0.0698. The molecule has 3 rings (SSSR count). The van der Waals surface area contributed by atoms with Crippen LogP contribution in [0.1, 0.15) is 47.8 Å². The molecular formula is C12H17N3O2. The Morgan fingerprint density at radius 3 is 3.00 bits per heavy atom. The Morgan fingerprint density at radius 1 is 1.47 bits per heavy atom. The lowest BCUT2D eigenvalue weighted by Crippen LogP contribution is -2.45. The SMILES string of the molecule is NC1CCCN(C(=O)c2cc(C3CC3)on2)C1. The summed E-state index contributed by atoms with van der Waals surface area (Å²) in [7, 11) is 0. The van der Waals surface area contributed by atoms with Gasteiger partial charge in [0.05, 0.1) is 0 Å². The molecule has 1 aliphatic heterocycles. The van der Waals surface area contributed by atoms with Gasteiger partial charge in [-0.2, -0.15) is 0 Å². The average Bonchev–Trinajstić information content (AvgIpc) is 3.07. The number of nitrogens with zero attached hydrogens (tertiary/aromatic N) is 2. The fourth-order valence-electron chi connectivity index (χ4n) is 2.31. The first kappa shape index (κ1) is 10.8. The van der Waals surface area contributed by atoms with Gasteiger partial charge in [-0.3, -0.25) is 4.79 Å². The van der Waals surface area contributed by atoms with Crippen LogP contribution in [0, 0.1) is 0 Å². The van der Waals surface area contributed by atoms with Gasteiger partial charge >= 0.3 is 0 Å². The van der Waals surface area contributed by atoms with E-state index in [1.54, 1.807) is 11.0 Å². The topological polar surface area (TPSA) is 72.4 Å². The molecule has 5 heteroatoms. The van der Waals surface area contributed by atoms with Crippen LogP contribution < -0.4 is 5.73 Å². The molecule has 1 aromatic heterocycles. The molecule has 2 heterocycles. The van der Waals surface area contributed by atoms with Gasteiger partial charge in [0.1, 0.15) is 5.76 Å². The molecule has 1 unspecified atom stereocenters. The smallest absolute Gasteiger partial charge is 0.276 e. The van der Waals surface area contributed by atoms with Crippen LogP contribution >= 0.6 is 0 Å². The van der Waals surface area contributed by atoms with Crippen molar-refractivity contribution in [3.63, 3.8) is 0 Å². The third-order valence-electron chi connectivity index (χ3n) is 3.47. The summed E-state index contributed by atoms with van der Waals surface area (Å²) >= 11 is 0. The zero-order valence-corrected chi connectivity index (χ0v) is 9.76. The first-order chi connectivity index (χ1) is 8.24. The fourth-order valence-corrected chi connectivity index (χ4v) is 2.31. The highest BCUT2D eigenvalue weighted by Crippen LogP contribution is 2.40. The lowest BCUT2D eigenvalue weighted by Gasteiger charge is -2.29. The number of aromatic nitrogens is 1. The Hall–Kier alpha value is -1.36. The molecule has 0 bridgehead atoms. The van der Waals surface area contributed by atoms with Crippen LogP contribution in [0.3, 0.4) is 0 Å². The van der Waals surface area contributed by atoms with E-state index in [-0.39, 0.29) is 11.9 Å². The van der Waals surface area contributed by atoms with Crippen molar-refractivity contribution < 1.29 is 9.32 Å². The van der Waals surface area contributed by atoms with Crippen molar-refractivity contribution in [1.82, 2.24) is 10.1 Å². The monoisotopic (exact) mass is 235 g/mol. The number of nitrogens with two attached hydrogens (primary N) is 1. The molecule has 0 radical (unpaired) electrons. The number of piperidine rings is 1. The van der Waals surface area contributed by atoms with Gasteiger partial charge in [0, 0.05) is 31.1 Å². The summed E-state index contributed by atoms with van der Waals surface area (Å²) in [5, 5.41) is 3.87. The summed E-state index contributed by atoms with van der Waals surface area (Å²) in [6.45, 7) is 1.41. The molecule has 0 spiro atoms. The number of hydrogen-bond donors (Lipinski definition) is 1. The Bertz CT molecular complexity index is 425. The number of rotatable bonds is 2. The number of carbonyl (C=O) groups excluding carboxylic acids is 1. The van der Waals surface area contributed by atoms with E-state index in [9.17, 15) is 4.79 Å². The minimum atomic E-state index is -0.0456. The predicted molar refractivity (Wildman–Crippen MR) is 61.6 cm³/mol. The minimum Gasteiger partial charge on any atom is -0.360 e. The average molecular weight is 235 g/mol. The number of carbonyl (C=O) groups is 1. The first-order valence-electron chi connectivity index (χ1n) is 6.25. The Morgan fingerprint density at radius 2 is 2.29 bits per heavy atom. The highest BCUT2D eigenvalue weighted by Gasteiger charge is 2.30. The van der Waals surface area contributed by atoms with Crippen molar-refractivity contribution in [2.45, 2.75) is 37.6 Å². The Labute approximate surface area is 99.9 Å². The molecule has 1 amide bonds. The lowest BCUT2D eigenvalue weighted by atomic mass is 10.1. The molecule has 5 nitrogen and oxygen atoms in total. The minimum absolute atomic E-state index is 0.0456.